The van der Waals surface area contributed by atoms with Crippen molar-refractivity contribution in [1.82, 2.24) is 9.62 Å². The first-order valence-electron chi connectivity index (χ1n) is 5.49. The van der Waals surface area contributed by atoms with E-state index in [-0.39, 0.29) is 0 Å². The minimum atomic E-state index is -3.31. The van der Waals surface area contributed by atoms with Crippen LogP contribution in [0.15, 0.2) is 34.1 Å². The van der Waals surface area contributed by atoms with Crippen molar-refractivity contribution >= 4 is 21.8 Å². The van der Waals surface area contributed by atoms with Gasteiger partial charge in [-0.2, -0.15) is 4.31 Å². The zero-order valence-corrected chi connectivity index (χ0v) is 11.4. The van der Waals surface area contributed by atoms with Crippen molar-refractivity contribution in [3.8, 4) is 0 Å². The van der Waals surface area contributed by atoms with Crippen LogP contribution in [0.4, 0.5) is 0 Å². The molecule has 0 amide bonds. The van der Waals surface area contributed by atoms with E-state index in [1.807, 2.05) is 12.3 Å². The van der Waals surface area contributed by atoms with E-state index in [0.717, 1.165) is 18.0 Å². The third-order valence-electron chi connectivity index (χ3n) is 2.75. The molecule has 1 aliphatic heterocycles. The van der Waals surface area contributed by atoms with Crippen molar-refractivity contribution in [3.05, 3.63) is 24.3 Å². The standard InChI is InChI=1S/C11H16N2O2S2/c1-16-10-3-2-4-11(9-10)17(14,15)13-7-5-12-6-8-13/h2-4,9,12H,5-8H2,1H3. The molecule has 0 aromatic heterocycles. The fourth-order valence-corrected chi connectivity index (χ4v) is 3.82. The lowest BCUT2D eigenvalue weighted by molar-refractivity contribution is 0.360. The Hall–Kier alpha value is -0.560. The maximum Gasteiger partial charge on any atom is 0.243 e. The van der Waals surface area contributed by atoms with Gasteiger partial charge < -0.3 is 5.32 Å². The molecule has 1 heterocycles. The number of nitrogens with one attached hydrogen (secondary N) is 1. The largest absolute Gasteiger partial charge is 0.314 e. The van der Waals surface area contributed by atoms with E-state index in [1.165, 1.54) is 0 Å². The van der Waals surface area contributed by atoms with Gasteiger partial charge in [-0.3, -0.25) is 0 Å². The molecule has 4 nitrogen and oxygen atoms in total. The van der Waals surface area contributed by atoms with Crippen LogP contribution in [0, 0.1) is 0 Å². The maximum absolute atomic E-state index is 12.3. The van der Waals surface area contributed by atoms with Crippen molar-refractivity contribution < 1.29 is 8.42 Å². The first kappa shape index (κ1) is 12.9. The molecule has 0 unspecified atom stereocenters. The average Bonchev–Trinajstić information content (AvgIpc) is 2.40. The molecule has 0 spiro atoms. The van der Waals surface area contributed by atoms with Crippen molar-refractivity contribution in [2.45, 2.75) is 9.79 Å². The van der Waals surface area contributed by atoms with E-state index in [2.05, 4.69) is 5.32 Å². The van der Waals surface area contributed by atoms with E-state index in [1.54, 1.807) is 34.3 Å². The molecule has 0 bridgehead atoms. The molecule has 1 saturated heterocycles. The van der Waals surface area contributed by atoms with E-state index in [0.29, 0.717) is 18.0 Å². The van der Waals surface area contributed by atoms with Gasteiger partial charge in [0.15, 0.2) is 0 Å². The number of nitrogens with zero attached hydrogens (tertiary/aromatic N) is 1. The quantitative estimate of drug-likeness (QED) is 0.834. The molecule has 1 N–H and O–H groups in total. The number of thioether (sulfide) groups is 1. The number of piperazine rings is 1. The first-order chi connectivity index (χ1) is 8.14. The number of benzene rings is 1. The normalized spacial score (nSPS) is 18.2. The van der Waals surface area contributed by atoms with E-state index in [4.69, 9.17) is 0 Å². The molecule has 0 radical (unpaired) electrons. The summed E-state index contributed by atoms with van der Waals surface area (Å²) in [5, 5.41) is 3.15. The highest BCUT2D eigenvalue weighted by atomic mass is 32.2. The molecule has 0 atom stereocenters. The molecule has 1 aromatic carbocycles. The highest BCUT2D eigenvalue weighted by molar-refractivity contribution is 7.98. The predicted molar refractivity (Wildman–Crippen MR) is 69.9 cm³/mol. The summed E-state index contributed by atoms with van der Waals surface area (Å²) in [5.74, 6) is 0. The van der Waals surface area contributed by atoms with Gasteiger partial charge in [0, 0.05) is 31.1 Å². The number of rotatable bonds is 3. The molecule has 6 heteroatoms. The van der Waals surface area contributed by atoms with Crippen LogP contribution in [0.3, 0.4) is 0 Å². The van der Waals surface area contributed by atoms with Crippen LogP contribution in [0.5, 0.6) is 0 Å². The van der Waals surface area contributed by atoms with Crippen LogP contribution in [0.2, 0.25) is 0 Å². The van der Waals surface area contributed by atoms with Crippen molar-refractivity contribution in [3.63, 3.8) is 0 Å². The van der Waals surface area contributed by atoms with Gasteiger partial charge >= 0.3 is 0 Å². The molecule has 1 fully saturated rings. The van der Waals surface area contributed by atoms with Gasteiger partial charge in [0.05, 0.1) is 4.90 Å². The van der Waals surface area contributed by atoms with E-state index < -0.39 is 10.0 Å². The molecule has 2 rings (SSSR count). The van der Waals surface area contributed by atoms with Crippen LogP contribution in [0.1, 0.15) is 0 Å². The van der Waals surface area contributed by atoms with Gasteiger partial charge in [-0.15, -0.1) is 11.8 Å². The van der Waals surface area contributed by atoms with Crippen LogP contribution in [-0.4, -0.2) is 45.2 Å². The minimum Gasteiger partial charge on any atom is -0.314 e. The fourth-order valence-electron chi connectivity index (χ4n) is 1.80. The molecule has 17 heavy (non-hydrogen) atoms. The van der Waals surface area contributed by atoms with Gasteiger partial charge in [-0.25, -0.2) is 8.42 Å². The summed E-state index contributed by atoms with van der Waals surface area (Å²) in [6.45, 7) is 2.54. The molecule has 0 aliphatic carbocycles. The lowest BCUT2D eigenvalue weighted by Crippen LogP contribution is -2.46. The van der Waals surface area contributed by atoms with Crippen LogP contribution < -0.4 is 5.32 Å². The highest BCUT2D eigenvalue weighted by Crippen LogP contribution is 2.21. The number of hydrogen-bond acceptors (Lipinski definition) is 4. The van der Waals surface area contributed by atoms with Gasteiger partial charge in [-0.1, -0.05) is 6.07 Å². The number of sulfonamides is 1. The molecule has 0 saturated carbocycles. The molecular weight excluding hydrogens is 256 g/mol. The predicted octanol–water partition coefficient (Wildman–Crippen LogP) is 1.00. The summed E-state index contributed by atoms with van der Waals surface area (Å²) in [4.78, 5) is 1.37. The summed E-state index contributed by atoms with van der Waals surface area (Å²) in [6, 6.07) is 7.11. The Balaban J connectivity index is 2.29. The molecule has 94 valence electrons. The zero-order valence-electron chi connectivity index (χ0n) is 9.72. The molecule has 1 aliphatic rings. The fraction of sp³-hybridized carbons (Fsp3) is 0.455. The summed E-state index contributed by atoms with van der Waals surface area (Å²) < 4.78 is 26.2. The number of hydrogen-bond donors (Lipinski definition) is 1. The van der Waals surface area contributed by atoms with Crippen molar-refractivity contribution in [2.75, 3.05) is 32.4 Å². The first-order valence-corrected chi connectivity index (χ1v) is 8.16. The summed E-state index contributed by atoms with van der Waals surface area (Å²) >= 11 is 1.55. The maximum atomic E-state index is 12.3. The summed E-state index contributed by atoms with van der Waals surface area (Å²) in [5.41, 5.74) is 0. The Morgan fingerprint density at radius 1 is 1.29 bits per heavy atom. The summed E-state index contributed by atoms with van der Waals surface area (Å²) in [7, 11) is -3.31. The zero-order chi connectivity index (χ0) is 12.3. The summed E-state index contributed by atoms with van der Waals surface area (Å²) in [6.07, 6.45) is 1.94. The Morgan fingerprint density at radius 3 is 2.65 bits per heavy atom. The Bertz CT molecular complexity index is 482. The monoisotopic (exact) mass is 272 g/mol. The SMILES string of the molecule is CSc1cccc(S(=O)(=O)N2CCNCC2)c1. The van der Waals surface area contributed by atoms with E-state index in [9.17, 15) is 8.42 Å². The van der Waals surface area contributed by atoms with Crippen LogP contribution >= 0.6 is 11.8 Å². The van der Waals surface area contributed by atoms with Gasteiger partial charge in [-0.05, 0) is 24.5 Å². The lowest BCUT2D eigenvalue weighted by atomic mass is 10.4. The third kappa shape index (κ3) is 2.82. The van der Waals surface area contributed by atoms with Crippen LogP contribution in [-0.2, 0) is 10.0 Å². The van der Waals surface area contributed by atoms with Gasteiger partial charge in [0.25, 0.3) is 0 Å². The average molecular weight is 272 g/mol. The topological polar surface area (TPSA) is 49.4 Å². The lowest BCUT2D eigenvalue weighted by Gasteiger charge is -2.26. The van der Waals surface area contributed by atoms with Crippen molar-refractivity contribution in [1.29, 1.82) is 0 Å². The third-order valence-corrected chi connectivity index (χ3v) is 5.37. The molecular formula is C11H16N2O2S2. The smallest absolute Gasteiger partial charge is 0.243 e. The Morgan fingerprint density at radius 2 is 2.00 bits per heavy atom. The van der Waals surface area contributed by atoms with Crippen LogP contribution in [0.25, 0.3) is 0 Å². The van der Waals surface area contributed by atoms with E-state index >= 15 is 0 Å². The molecule has 1 aromatic rings. The van der Waals surface area contributed by atoms with Crippen molar-refractivity contribution in [2.24, 2.45) is 0 Å². The second kappa shape index (κ2) is 5.39. The van der Waals surface area contributed by atoms with Gasteiger partial charge in [0.2, 0.25) is 10.0 Å². The second-order valence-electron chi connectivity index (χ2n) is 3.83. The second-order valence-corrected chi connectivity index (χ2v) is 6.65. The Labute approximate surface area is 106 Å². The highest BCUT2D eigenvalue weighted by Gasteiger charge is 2.25. The van der Waals surface area contributed by atoms with Gasteiger partial charge in [0.1, 0.15) is 0 Å². The Kier molecular flexibility index (Phi) is 4.09. The minimum absolute atomic E-state index is 0.395.